The minimum Gasteiger partial charge on any atom is -0.496 e. The van der Waals surface area contributed by atoms with Crippen molar-refractivity contribution in [2.75, 3.05) is 20.2 Å². The molecule has 0 heterocycles. The van der Waals surface area contributed by atoms with E-state index in [9.17, 15) is 9.59 Å². The molecule has 21 heavy (non-hydrogen) atoms. The standard InChI is InChI=1S/C15H21N3O3/c1-21-13-5-3-2-4-11(13)8-9-16-15(20)17-10-14(19)18-12-6-7-12/h2-5,12H,6-10H2,1H3,(H,18,19)(H2,16,17,20). The lowest BCUT2D eigenvalue weighted by Crippen LogP contribution is -2.43. The van der Waals surface area contributed by atoms with Crippen LogP contribution in [0.15, 0.2) is 24.3 Å². The van der Waals surface area contributed by atoms with Crippen LogP contribution < -0.4 is 20.7 Å². The van der Waals surface area contributed by atoms with Crippen LogP contribution in [-0.4, -0.2) is 38.2 Å². The maximum atomic E-state index is 11.6. The Hall–Kier alpha value is -2.24. The molecule has 1 saturated carbocycles. The van der Waals surface area contributed by atoms with Gasteiger partial charge < -0.3 is 20.7 Å². The average Bonchev–Trinajstić information content (AvgIpc) is 3.29. The maximum Gasteiger partial charge on any atom is 0.315 e. The molecule has 0 saturated heterocycles. The van der Waals surface area contributed by atoms with Crippen LogP contribution >= 0.6 is 0 Å². The van der Waals surface area contributed by atoms with E-state index in [0.717, 1.165) is 24.2 Å². The lowest BCUT2D eigenvalue weighted by Gasteiger charge is -2.10. The van der Waals surface area contributed by atoms with Crippen molar-refractivity contribution >= 4 is 11.9 Å². The minimum atomic E-state index is -0.337. The first-order valence-electron chi connectivity index (χ1n) is 7.12. The minimum absolute atomic E-state index is 0.0109. The van der Waals surface area contributed by atoms with Gasteiger partial charge in [-0.2, -0.15) is 0 Å². The molecule has 0 aliphatic heterocycles. The van der Waals surface area contributed by atoms with Gasteiger partial charge in [-0.15, -0.1) is 0 Å². The lowest BCUT2D eigenvalue weighted by molar-refractivity contribution is -0.120. The summed E-state index contributed by atoms with van der Waals surface area (Å²) in [5.74, 6) is 0.667. The largest absolute Gasteiger partial charge is 0.496 e. The Morgan fingerprint density at radius 2 is 2.00 bits per heavy atom. The Bertz CT molecular complexity index is 501. The van der Waals surface area contributed by atoms with E-state index in [-0.39, 0.29) is 18.5 Å². The molecule has 0 atom stereocenters. The van der Waals surface area contributed by atoms with Gasteiger partial charge in [-0.1, -0.05) is 18.2 Å². The molecular formula is C15H21N3O3. The second-order valence-corrected chi connectivity index (χ2v) is 5.01. The van der Waals surface area contributed by atoms with Crippen LogP contribution in [0.2, 0.25) is 0 Å². The number of amides is 3. The Morgan fingerprint density at radius 3 is 2.71 bits per heavy atom. The molecule has 6 nitrogen and oxygen atoms in total. The summed E-state index contributed by atoms with van der Waals surface area (Å²) in [5, 5.41) is 8.07. The normalized spacial score (nSPS) is 13.4. The van der Waals surface area contributed by atoms with Gasteiger partial charge >= 0.3 is 6.03 Å². The van der Waals surface area contributed by atoms with Gasteiger partial charge in [0.05, 0.1) is 13.7 Å². The fourth-order valence-electron chi connectivity index (χ4n) is 1.95. The molecule has 1 aromatic rings. The molecule has 1 fully saturated rings. The second-order valence-electron chi connectivity index (χ2n) is 5.01. The van der Waals surface area contributed by atoms with Crippen molar-refractivity contribution in [1.29, 1.82) is 0 Å². The summed E-state index contributed by atoms with van der Waals surface area (Å²) in [6, 6.07) is 7.66. The zero-order chi connectivity index (χ0) is 15.1. The van der Waals surface area contributed by atoms with Crippen LogP contribution in [0.5, 0.6) is 5.75 Å². The summed E-state index contributed by atoms with van der Waals surface area (Å²) in [4.78, 5) is 23.0. The number of ether oxygens (including phenoxy) is 1. The molecule has 0 radical (unpaired) electrons. The molecule has 0 unspecified atom stereocenters. The summed E-state index contributed by atoms with van der Waals surface area (Å²) < 4.78 is 5.24. The smallest absolute Gasteiger partial charge is 0.315 e. The number of carbonyl (C=O) groups excluding carboxylic acids is 2. The molecule has 3 amide bonds. The first kappa shape index (κ1) is 15.2. The van der Waals surface area contributed by atoms with Crippen molar-refractivity contribution in [1.82, 2.24) is 16.0 Å². The Morgan fingerprint density at radius 1 is 1.24 bits per heavy atom. The molecule has 114 valence electrons. The Balaban J connectivity index is 1.63. The summed E-state index contributed by atoms with van der Waals surface area (Å²) in [7, 11) is 1.62. The van der Waals surface area contributed by atoms with Gasteiger partial charge in [0.2, 0.25) is 5.91 Å². The monoisotopic (exact) mass is 291 g/mol. The quantitative estimate of drug-likeness (QED) is 0.696. The summed E-state index contributed by atoms with van der Waals surface area (Å²) in [6.07, 6.45) is 2.75. The predicted octanol–water partition coefficient (Wildman–Crippen LogP) is 0.815. The van der Waals surface area contributed by atoms with Crippen LogP contribution in [0, 0.1) is 0 Å². The van der Waals surface area contributed by atoms with E-state index in [1.807, 2.05) is 24.3 Å². The highest BCUT2D eigenvalue weighted by Gasteiger charge is 2.23. The number of hydrogen-bond donors (Lipinski definition) is 3. The molecular weight excluding hydrogens is 270 g/mol. The highest BCUT2D eigenvalue weighted by atomic mass is 16.5. The van der Waals surface area contributed by atoms with Gasteiger partial charge in [-0.25, -0.2) is 4.79 Å². The lowest BCUT2D eigenvalue weighted by atomic mass is 10.1. The number of urea groups is 1. The van der Waals surface area contributed by atoms with Crippen LogP contribution in [0.25, 0.3) is 0 Å². The first-order chi connectivity index (χ1) is 10.2. The van der Waals surface area contributed by atoms with Gasteiger partial charge in [0.1, 0.15) is 5.75 Å². The molecule has 1 aromatic carbocycles. The number of methoxy groups -OCH3 is 1. The van der Waals surface area contributed by atoms with Crippen LogP contribution in [-0.2, 0) is 11.2 Å². The Kier molecular flexibility index (Phi) is 5.43. The third kappa shape index (κ3) is 5.33. The number of para-hydroxylation sites is 1. The molecule has 6 heteroatoms. The zero-order valence-corrected chi connectivity index (χ0v) is 12.1. The van der Waals surface area contributed by atoms with Crippen molar-refractivity contribution in [3.63, 3.8) is 0 Å². The fourth-order valence-corrected chi connectivity index (χ4v) is 1.95. The van der Waals surface area contributed by atoms with Gasteiger partial charge in [-0.05, 0) is 30.9 Å². The SMILES string of the molecule is COc1ccccc1CCNC(=O)NCC(=O)NC1CC1. The molecule has 0 bridgehead atoms. The maximum absolute atomic E-state index is 11.6. The second kappa shape index (κ2) is 7.52. The number of nitrogens with one attached hydrogen (secondary N) is 3. The topological polar surface area (TPSA) is 79.5 Å². The molecule has 1 aliphatic rings. The number of hydrogen-bond acceptors (Lipinski definition) is 3. The van der Waals surface area contributed by atoms with E-state index < -0.39 is 0 Å². The van der Waals surface area contributed by atoms with Crippen molar-refractivity contribution in [3.05, 3.63) is 29.8 Å². The number of rotatable bonds is 7. The zero-order valence-electron chi connectivity index (χ0n) is 12.1. The molecule has 1 aliphatic carbocycles. The van der Waals surface area contributed by atoms with E-state index >= 15 is 0 Å². The average molecular weight is 291 g/mol. The summed E-state index contributed by atoms with van der Waals surface area (Å²) in [6.45, 7) is 0.493. The number of benzene rings is 1. The van der Waals surface area contributed by atoms with E-state index in [1.165, 1.54) is 0 Å². The van der Waals surface area contributed by atoms with Crippen LogP contribution in [0.3, 0.4) is 0 Å². The van der Waals surface area contributed by atoms with Gasteiger partial charge in [0, 0.05) is 12.6 Å². The van der Waals surface area contributed by atoms with Crippen molar-refractivity contribution in [3.8, 4) is 5.75 Å². The van der Waals surface area contributed by atoms with Crippen LogP contribution in [0.4, 0.5) is 4.79 Å². The number of carbonyl (C=O) groups is 2. The third-order valence-electron chi connectivity index (χ3n) is 3.22. The summed E-state index contributed by atoms with van der Waals surface area (Å²) in [5.41, 5.74) is 1.03. The predicted molar refractivity (Wildman–Crippen MR) is 79.3 cm³/mol. The van der Waals surface area contributed by atoms with Crippen molar-refractivity contribution in [2.24, 2.45) is 0 Å². The van der Waals surface area contributed by atoms with Crippen molar-refractivity contribution < 1.29 is 14.3 Å². The van der Waals surface area contributed by atoms with E-state index in [4.69, 9.17) is 4.74 Å². The van der Waals surface area contributed by atoms with E-state index in [0.29, 0.717) is 19.0 Å². The molecule has 3 N–H and O–H groups in total. The fraction of sp³-hybridized carbons (Fsp3) is 0.467. The highest BCUT2D eigenvalue weighted by molar-refractivity contribution is 5.84. The Labute approximate surface area is 124 Å². The van der Waals surface area contributed by atoms with Gasteiger partial charge in [0.25, 0.3) is 0 Å². The summed E-state index contributed by atoms with van der Waals surface area (Å²) >= 11 is 0. The molecule has 0 spiro atoms. The first-order valence-corrected chi connectivity index (χ1v) is 7.12. The van der Waals surface area contributed by atoms with Crippen molar-refractivity contribution in [2.45, 2.75) is 25.3 Å². The molecule has 0 aromatic heterocycles. The van der Waals surface area contributed by atoms with E-state index in [2.05, 4.69) is 16.0 Å². The molecule has 2 rings (SSSR count). The highest BCUT2D eigenvalue weighted by Crippen LogP contribution is 2.18. The van der Waals surface area contributed by atoms with E-state index in [1.54, 1.807) is 7.11 Å². The third-order valence-corrected chi connectivity index (χ3v) is 3.22. The van der Waals surface area contributed by atoms with Gasteiger partial charge in [0.15, 0.2) is 0 Å². The van der Waals surface area contributed by atoms with Gasteiger partial charge in [-0.3, -0.25) is 4.79 Å². The van der Waals surface area contributed by atoms with Crippen LogP contribution in [0.1, 0.15) is 18.4 Å².